The van der Waals surface area contributed by atoms with Gasteiger partial charge in [-0.25, -0.2) is 4.98 Å². The predicted octanol–water partition coefficient (Wildman–Crippen LogP) is 2.01. The third kappa shape index (κ3) is 3.48. The Hall–Kier alpha value is -1.62. The molecule has 0 spiro atoms. The van der Waals surface area contributed by atoms with Crippen molar-refractivity contribution in [2.75, 3.05) is 32.6 Å². The Bertz CT molecular complexity index is 443. The lowest BCUT2D eigenvalue weighted by Gasteiger charge is -2.29. The van der Waals surface area contributed by atoms with E-state index in [0.29, 0.717) is 24.8 Å². The molecule has 0 bridgehead atoms. The number of rotatable bonds is 7. The summed E-state index contributed by atoms with van der Waals surface area (Å²) in [5, 5.41) is 3.00. The van der Waals surface area contributed by atoms with Gasteiger partial charge in [-0.1, -0.05) is 0 Å². The molecule has 0 radical (unpaired) electrons. The summed E-state index contributed by atoms with van der Waals surface area (Å²) < 4.78 is 5.12. The Kier molecular flexibility index (Phi) is 4.95. The van der Waals surface area contributed by atoms with Crippen LogP contribution in [0.4, 0.5) is 5.69 Å². The van der Waals surface area contributed by atoms with Crippen molar-refractivity contribution in [2.24, 2.45) is 5.92 Å². The normalized spacial score (nSPS) is 15.8. The molecule has 1 aliphatic carbocycles. The Morgan fingerprint density at radius 3 is 2.80 bits per heavy atom. The van der Waals surface area contributed by atoms with Crippen molar-refractivity contribution in [2.45, 2.75) is 25.8 Å². The highest BCUT2D eigenvalue weighted by Crippen LogP contribution is 2.35. The van der Waals surface area contributed by atoms with Gasteiger partial charge in [0.05, 0.1) is 18.5 Å². The van der Waals surface area contributed by atoms with Crippen LogP contribution in [0.1, 0.15) is 30.3 Å². The van der Waals surface area contributed by atoms with Crippen molar-refractivity contribution in [3.63, 3.8) is 0 Å². The van der Waals surface area contributed by atoms with Crippen molar-refractivity contribution in [3.8, 4) is 0 Å². The number of carbonyl (C=O) groups is 1. The maximum Gasteiger partial charge on any atom is 0.272 e. The van der Waals surface area contributed by atoms with Gasteiger partial charge in [-0.15, -0.1) is 0 Å². The zero-order valence-electron chi connectivity index (χ0n) is 12.4. The molecule has 1 fully saturated rings. The van der Waals surface area contributed by atoms with Crippen LogP contribution in [0.3, 0.4) is 0 Å². The molecular weight excluding hydrogens is 254 g/mol. The molecule has 1 atom stereocenters. The molecule has 110 valence electrons. The van der Waals surface area contributed by atoms with Crippen LogP contribution >= 0.6 is 0 Å². The number of aromatic nitrogens is 1. The van der Waals surface area contributed by atoms with E-state index in [-0.39, 0.29) is 11.9 Å². The summed E-state index contributed by atoms with van der Waals surface area (Å²) in [6.45, 7) is 3.28. The first-order valence-electron chi connectivity index (χ1n) is 7.11. The first-order chi connectivity index (χ1) is 9.67. The number of pyridine rings is 1. The maximum atomic E-state index is 12.6. The van der Waals surface area contributed by atoms with E-state index < -0.39 is 0 Å². The van der Waals surface area contributed by atoms with E-state index in [1.807, 2.05) is 18.0 Å². The average molecular weight is 277 g/mol. The van der Waals surface area contributed by atoms with Gasteiger partial charge in [-0.2, -0.15) is 0 Å². The first kappa shape index (κ1) is 14.8. The number of methoxy groups -OCH3 is 1. The number of amides is 1. The number of nitrogens with one attached hydrogen (secondary N) is 1. The standard InChI is InChI=1S/C15H23N3O2/c1-11(12-4-5-12)18(8-9-20-3)15(19)14-7-6-13(16-2)10-17-14/h6-7,10-12,16H,4-5,8-9H2,1-3H3. The van der Waals surface area contributed by atoms with Crippen molar-refractivity contribution < 1.29 is 9.53 Å². The molecule has 5 nitrogen and oxygen atoms in total. The maximum absolute atomic E-state index is 12.6. The van der Waals surface area contributed by atoms with Crippen LogP contribution in [0, 0.1) is 5.92 Å². The smallest absolute Gasteiger partial charge is 0.272 e. The minimum Gasteiger partial charge on any atom is -0.387 e. The molecule has 1 N–H and O–H groups in total. The van der Waals surface area contributed by atoms with Crippen molar-refractivity contribution in [1.29, 1.82) is 0 Å². The highest BCUT2D eigenvalue weighted by molar-refractivity contribution is 5.92. The fraction of sp³-hybridized carbons (Fsp3) is 0.600. The second-order valence-corrected chi connectivity index (χ2v) is 5.25. The first-order valence-corrected chi connectivity index (χ1v) is 7.11. The molecule has 1 amide bonds. The summed E-state index contributed by atoms with van der Waals surface area (Å²) >= 11 is 0. The lowest BCUT2D eigenvalue weighted by atomic mass is 10.1. The molecule has 5 heteroatoms. The Balaban J connectivity index is 2.10. The largest absolute Gasteiger partial charge is 0.387 e. The van der Waals surface area contributed by atoms with Gasteiger partial charge in [-0.3, -0.25) is 4.79 Å². The highest BCUT2D eigenvalue weighted by atomic mass is 16.5. The summed E-state index contributed by atoms with van der Waals surface area (Å²) in [6.07, 6.45) is 4.11. The Morgan fingerprint density at radius 1 is 1.55 bits per heavy atom. The summed E-state index contributed by atoms with van der Waals surface area (Å²) in [7, 11) is 3.49. The predicted molar refractivity (Wildman–Crippen MR) is 78.9 cm³/mol. The molecule has 1 aromatic rings. The van der Waals surface area contributed by atoms with E-state index in [1.165, 1.54) is 12.8 Å². The van der Waals surface area contributed by atoms with E-state index in [9.17, 15) is 4.79 Å². The minimum absolute atomic E-state index is 0.0101. The monoisotopic (exact) mass is 277 g/mol. The summed E-state index contributed by atoms with van der Waals surface area (Å²) in [4.78, 5) is 18.7. The summed E-state index contributed by atoms with van der Waals surface area (Å²) in [5.74, 6) is 0.622. The molecule has 1 heterocycles. The second kappa shape index (κ2) is 6.70. The number of hydrogen-bond donors (Lipinski definition) is 1. The molecule has 0 saturated heterocycles. The quantitative estimate of drug-likeness (QED) is 0.828. The van der Waals surface area contributed by atoms with Gasteiger partial charge in [0.2, 0.25) is 0 Å². The Morgan fingerprint density at radius 2 is 2.30 bits per heavy atom. The van der Waals surface area contributed by atoms with Crippen LogP contribution in [0.15, 0.2) is 18.3 Å². The van der Waals surface area contributed by atoms with Gasteiger partial charge in [0, 0.05) is 26.7 Å². The third-order valence-electron chi connectivity index (χ3n) is 3.86. The van der Waals surface area contributed by atoms with Gasteiger partial charge in [0.15, 0.2) is 0 Å². The number of anilines is 1. The number of hydrogen-bond acceptors (Lipinski definition) is 4. The molecule has 0 aromatic carbocycles. The fourth-order valence-electron chi connectivity index (χ4n) is 2.33. The molecule has 1 aliphatic rings. The van der Waals surface area contributed by atoms with Gasteiger partial charge < -0.3 is 15.0 Å². The van der Waals surface area contributed by atoms with Gasteiger partial charge in [-0.05, 0) is 37.8 Å². The molecule has 20 heavy (non-hydrogen) atoms. The van der Waals surface area contributed by atoms with Crippen LogP contribution in [-0.4, -0.2) is 49.1 Å². The molecular formula is C15H23N3O2. The molecule has 2 rings (SSSR count). The molecule has 1 saturated carbocycles. The molecule has 1 unspecified atom stereocenters. The van der Waals surface area contributed by atoms with Gasteiger partial charge >= 0.3 is 0 Å². The van der Waals surface area contributed by atoms with Crippen LogP contribution in [0.2, 0.25) is 0 Å². The Labute approximate surface area is 120 Å². The minimum atomic E-state index is -0.0101. The fourth-order valence-corrected chi connectivity index (χ4v) is 2.33. The lowest BCUT2D eigenvalue weighted by Crippen LogP contribution is -2.42. The zero-order valence-corrected chi connectivity index (χ0v) is 12.4. The topological polar surface area (TPSA) is 54.5 Å². The SMILES string of the molecule is CNc1ccc(C(=O)N(CCOC)C(C)C2CC2)nc1. The number of carbonyl (C=O) groups excluding carboxylic acids is 1. The second-order valence-electron chi connectivity index (χ2n) is 5.25. The molecule has 0 aliphatic heterocycles. The van der Waals surface area contributed by atoms with Crippen molar-refractivity contribution in [3.05, 3.63) is 24.0 Å². The van der Waals surface area contributed by atoms with E-state index in [4.69, 9.17) is 4.74 Å². The van der Waals surface area contributed by atoms with E-state index in [2.05, 4.69) is 17.2 Å². The summed E-state index contributed by atoms with van der Waals surface area (Å²) in [6, 6.07) is 3.90. The van der Waals surface area contributed by atoms with Gasteiger partial charge in [0.25, 0.3) is 5.91 Å². The third-order valence-corrected chi connectivity index (χ3v) is 3.86. The van der Waals surface area contributed by atoms with Crippen molar-refractivity contribution >= 4 is 11.6 Å². The number of ether oxygens (including phenoxy) is 1. The van der Waals surface area contributed by atoms with E-state index >= 15 is 0 Å². The van der Waals surface area contributed by atoms with Crippen molar-refractivity contribution in [1.82, 2.24) is 9.88 Å². The van der Waals surface area contributed by atoms with Crippen LogP contribution in [-0.2, 0) is 4.74 Å². The molecule has 1 aromatic heterocycles. The van der Waals surface area contributed by atoms with Gasteiger partial charge in [0.1, 0.15) is 5.69 Å². The average Bonchev–Trinajstić information content (AvgIpc) is 3.32. The van der Waals surface area contributed by atoms with Crippen LogP contribution < -0.4 is 5.32 Å². The van der Waals surface area contributed by atoms with Crippen LogP contribution in [0.5, 0.6) is 0 Å². The van der Waals surface area contributed by atoms with E-state index in [0.717, 1.165) is 5.69 Å². The van der Waals surface area contributed by atoms with Crippen LogP contribution in [0.25, 0.3) is 0 Å². The van der Waals surface area contributed by atoms with E-state index in [1.54, 1.807) is 19.4 Å². The number of nitrogens with zero attached hydrogens (tertiary/aromatic N) is 2. The summed E-state index contributed by atoms with van der Waals surface area (Å²) in [5.41, 5.74) is 1.40. The zero-order chi connectivity index (χ0) is 14.5. The lowest BCUT2D eigenvalue weighted by molar-refractivity contribution is 0.0589. The highest BCUT2D eigenvalue weighted by Gasteiger charge is 2.34.